The lowest BCUT2D eigenvalue weighted by Crippen LogP contribution is -2.28. The molecule has 0 bridgehead atoms. The summed E-state index contributed by atoms with van der Waals surface area (Å²) in [5.41, 5.74) is 2.76. The third kappa shape index (κ3) is 3.65. The van der Waals surface area contributed by atoms with Crippen LogP contribution in [0.4, 0.5) is 5.69 Å². The smallest absolute Gasteiger partial charge is 0.270 e. The molecule has 1 heterocycles. The Balaban J connectivity index is 1.86. The molecule has 0 aliphatic carbocycles. The van der Waals surface area contributed by atoms with E-state index in [1.165, 1.54) is 34.4 Å². The summed E-state index contributed by atoms with van der Waals surface area (Å²) < 4.78 is 0.419. The molecule has 1 fully saturated rings. The fraction of sp³-hybridized carbons (Fsp3) is 0.105. The minimum atomic E-state index is -1.26. The van der Waals surface area contributed by atoms with Crippen LogP contribution in [-0.4, -0.2) is 16.2 Å². The van der Waals surface area contributed by atoms with Gasteiger partial charge in [0.2, 0.25) is 0 Å². The number of anilines is 1. The van der Waals surface area contributed by atoms with E-state index in [0.717, 1.165) is 12.0 Å². The number of rotatable bonds is 4. The first kappa shape index (κ1) is 17.4. The maximum atomic E-state index is 12.7. The Kier molecular flexibility index (Phi) is 5.01. The van der Waals surface area contributed by atoms with Gasteiger partial charge in [0.1, 0.15) is 0 Å². The second kappa shape index (κ2) is 7.21. The van der Waals surface area contributed by atoms with E-state index in [0.29, 0.717) is 14.9 Å². The molecular formula is C19H14NO3S2-. The van der Waals surface area contributed by atoms with Gasteiger partial charge >= 0.3 is 0 Å². The van der Waals surface area contributed by atoms with Crippen molar-refractivity contribution in [3.05, 3.63) is 70.1 Å². The van der Waals surface area contributed by atoms with Crippen molar-refractivity contribution in [3.63, 3.8) is 0 Å². The molecule has 1 saturated heterocycles. The summed E-state index contributed by atoms with van der Waals surface area (Å²) in [7, 11) is 0. The maximum absolute atomic E-state index is 12.7. The van der Waals surface area contributed by atoms with Gasteiger partial charge in [-0.25, -0.2) is 0 Å². The first-order valence-electron chi connectivity index (χ1n) is 7.68. The fourth-order valence-electron chi connectivity index (χ4n) is 2.44. The molecule has 0 aromatic heterocycles. The lowest BCUT2D eigenvalue weighted by molar-refractivity contribution is -0.255. The maximum Gasteiger partial charge on any atom is 0.270 e. The summed E-state index contributed by atoms with van der Waals surface area (Å²) in [6.45, 7) is 2.09. The number of thioether (sulfide) groups is 1. The Morgan fingerprint density at radius 2 is 1.80 bits per heavy atom. The van der Waals surface area contributed by atoms with Crippen molar-refractivity contribution in [2.75, 3.05) is 4.90 Å². The third-order valence-electron chi connectivity index (χ3n) is 3.84. The number of carboxylic acid groups (broad SMARTS) is 1. The number of nitrogens with zero attached hydrogens (tertiary/aromatic N) is 1. The summed E-state index contributed by atoms with van der Waals surface area (Å²) in [4.78, 5) is 25.5. The molecule has 1 aliphatic heterocycles. The minimum absolute atomic E-state index is 0.0562. The van der Waals surface area contributed by atoms with Gasteiger partial charge in [-0.1, -0.05) is 67.3 Å². The molecule has 2 aromatic carbocycles. The number of amides is 1. The van der Waals surface area contributed by atoms with Crippen molar-refractivity contribution >= 4 is 51.9 Å². The zero-order valence-electron chi connectivity index (χ0n) is 13.4. The largest absolute Gasteiger partial charge is 0.545 e. The third-order valence-corrected chi connectivity index (χ3v) is 5.14. The Bertz CT molecular complexity index is 871. The van der Waals surface area contributed by atoms with Crippen LogP contribution in [0.1, 0.15) is 28.4 Å². The first-order chi connectivity index (χ1) is 12.0. The van der Waals surface area contributed by atoms with Gasteiger partial charge in [-0.15, -0.1) is 0 Å². The number of benzene rings is 2. The van der Waals surface area contributed by atoms with Crippen LogP contribution in [0.3, 0.4) is 0 Å². The van der Waals surface area contributed by atoms with Crippen LogP contribution in [0, 0.1) is 0 Å². The van der Waals surface area contributed by atoms with Crippen molar-refractivity contribution in [3.8, 4) is 0 Å². The van der Waals surface area contributed by atoms with E-state index in [2.05, 4.69) is 6.92 Å². The van der Waals surface area contributed by atoms with E-state index in [1.54, 1.807) is 12.1 Å². The van der Waals surface area contributed by atoms with Crippen LogP contribution in [0.5, 0.6) is 0 Å². The van der Waals surface area contributed by atoms with Crippen LogP contribution < -0.4 is 10.0 Å². The summed E-state index contributed by atoms with van der Waals surface area (Å²) >= 11 is 6.55. The molecule has 1 aliphatic rings. The van der Waals surface area contributed by atoms with Crippen LogP contribution in [0.15, 0.2) is 53.4 Å². The van der Waals surface area contributed by atoms with Gasteiger partial charge in [-0.3, -0.25) is 9.69 Å². The molecule has 1 amide bonds. The monoisotopic (exact) mass is 368 g/mol. The molecule has 0 unspecified atom stereocenters. The van der Waals surface area contributed by atoms with Crippen LogP contribution in [0.2, 0.25) is 0 Å². The van der Waals surface area contributed by atoms with Gasteiger partial charge in [0.15, 0.2) is 4.32 Å². The van der Waals surface area contributed by atoms with E-state index in [9.17, 15) is 14.7 Å². The van der Waals surface area contributed by atoms with Crippen LogP contribution in [-0.2, 0) is 11.2 Å². The highest BCUT2D eigenvalue weighted by Gasteiger charge is 2.33. The van der Waals surface area contributed by atoms with Gasteiger partial charge < -0.3 is 9.90 Å². The Morgan fingerprint density at radius 1 is 1.16 bits per heavy atom. The average molecular weight is 368 g/mol. The number of carbonyl (C=O) groups is 2. The zero-order valence-corrected chi connectivity index (χ0v) is 15.0. The molecule has 4 nitrogen and oxygen atoms in total. The second-order valence-electron chi connectivity index (χ2n) is 5.45. The molecule has 25 heavy (non-hydrogen) atoms. The SMILES string of the molecule is CCc1ccc(/C=C2/SC(=S)N(c3ccc(C(=O)[O-])cc3)C2=O)cc1. The Hall–Kier alpha value is -2.44. The lowest BCUT2D eigenvalue weighted by atomic mass is 10.1. The summed E-state index contributed by atoms with van der Waals surface area (Å²) in [5, 5.41) is 10.8. The number of carboxylic acids is 1. The number of hydrogen-bond donors (Lipinski definition) is 0. The van der Waals surface area contributed by atoms with Gasteiger partial charge in [0, 0.05) is 0 Å². The molecule has 126 valence electrons. The standard InChI is InChI=1S/C19H15NO3S2/c1-2-12-3-5-13(6-4-12)11-16-17(21)20(19(24)25-16)15-9-7-14(8-10-15)18(22)23/h3-11H,2H2,1H3,(H,22,23)/p-1/b16-11+. The number of carbonyl (C=O) groups excluding carboxylic acids is 2. The predicted octanol–water partition coefficient (Wildman–Crippen LogP) is 3.02. The van der Waals surface area contributed by atoms with Crippen LogP contribution in [0.25, 0.3) is 6.08 Å². The number of aryl methyl sites for hydroxylation is 1. The highest BCUT2D eigenvalue weighted by Crippen LogP contribution is 2.36. The molecule has 2 aromatic rings. The molecule has 0 spiro atoms. The fourth-order valence-corrected chi connectivity index (χ4v) is 3.74. The Morgan fingerprint density at radius 3 is 2.36 bits per heavy atom. The van der Waals surface area contributed by atoms with E-state index in [-0.39, 0.29) is 11.5 Å². The molecular weight excluding hydrogens is 354 g/mol. The van der Waals surface area contributed by atoms with Gasteiger partial charge in [0.25, 0.3) is 5.91 Å². The topological polar surface area (TPSA) is 60.4 Å². The summed E-state index contributed by atoms with van der Waals surface area (Å²) in [6.07, 6.45) is 2.78. The van der Waals surface area contributed by atoms with Crippen LogP contribution >= 0.6 is 24.0 Å². The lowest BCUT2D eigenvalue weighted by Gasteiger charge is -2.15. The number of aromatic carboxylic acids is 1. The number of thiocarbonyl (C=S) groups is 1. The van der Waals surface area contributed by atoms with E-state index in [4.69, 9.17) is 12.2 Å². The minimum Gasteiger partial charge on any atom is -0.545 e. The first-order valence-corrected chi connectivity index (χ1v) is 8.90. The normalized spacial score (nSPS) is 15.9. The summed E-state index contributed by atoms with van der Waals surface area (Å²) in [5.74, 6) is -1.47. The molecule has 0 N–H and O–H groups in total. The zero-order chi connectivity index (χ0) is 18.0. The summed E-state index contributed by atoms with van der Waals surface area (Å²) in [6, 6.07) is 13.9. The molecule has 0 saturated carbocycles. The molecule has 0 atom stereocenters. The highest BCUT2D eigenvalue weighted by molar-refractivity contribution is 8.27. The van der Waals surface area contributed by atoms with Crippen molar-refractivity contribution in [2.24, 2.45) is 0 Å². The quantitative estimate of drug-likeness (QED) is 0.613. The van der Waals surface area contributed by atoms with E-state index in [1.807, 2.05) is 30.3 Å². The average Bonchev–Trinajstić information content (AvgIpc) is 2.89. The van der Waals surface area contributed by atoms with E-state index < -0.39 is 5.97 Å². The van der Waals surface area contributed by atoms with E-state index >= 15 is 0 Å². The van der Waals surface area contributed by atoms with Gasteiger partial charge in [0.05, 0.1) is 16.6 Å². The Labute approximate surface area is 155 Å². The second-order valence-corrected chi connectivity index (χ2v) is 7.12. The van der Waals surface area contributed by atoms with Crippen molar-refractivity contribution < 1.29 is 14.7 Å². The van der Waals surface area contributed by atoms with Crippen molar-refractivity contribution in [1.82, 2.24) is 0 Å². The molecule has 6 heteroatoms. The van der Waals surface area contributed by atoms with Crippen molar-refractivity contribution in [1.29, 1.82) is 0 Å². The molecule has 3 rings (SSSR count). The highest BCUT2D eigenvalue weighted by atomic mass is 32.2. The van der Waals surface area contributed by atoms with Gasteiger partial charge in [-0.05, 0) is 41.3 Å². The van der Waals surface area contributed by atoms with Gasteiger partial charge in [-0.2, -0.15) is 0 Å². The van der Waals surface area contributed by atoms with Crippen molar-refractivity contribution in [2.45, 2.75) is 13.3 Å². The predicted molar refractivity (Wildman–Crippen MR) is 102 cm³/mol. The molecule has 0 radical (unpaired) electrons. The number of hydrogen-bond acceptors (Lipinski definition) is 5.